The quantitative estimate of drug-likeness (QED) is 0.0616. The average Bonchev–Trinajstić information content (AvgIpc) is 3.20. The maximum Gasteiger partial charge on any atom is 0.550 e. The molecular formula is C43H60O12. The van der Waals surface area contributed by atoms with Crippen LogP contribution in [0.15, 0.2) is 48.5 Å². The van der Waals surface area contributed by atoms with Crippen molar-refractivity contribution < 1.29 is 57.7 Å². The number of rotatable bonds is 18. The van der Waals surface area contributed by atoms with Gasteiger partial charge in [0, 0.05) is 0 Å². The first kappa shape index (κ1) is 43.3. The van der Waals surface area contributed by atoms with E-state index in [9.17, 15) is 19.2 Å². The Bertz CT molecular complexity index is 1350. The third kappa shape index (κ3) is 14.6. The lowest BCUT2D eigenvalue weighted by atomic mass is 9.60. The number of hydrogen-bond donors (Lipinski definition) is 0. The van der Waals surface area contributed by atoms with E-state index < -0.39 is 24.2 Å². The van der Waals surface area contributed by atoms with E-state index in [1.165, 1.54) is 12.8 Å². The van der Waals surface area contributed by atoms with Crippen molar-refractivity contribution >= 4 is 24.2 Å². The predicted octanol–water partition coefficient (Wildman–Crippen LogP) is 10.9. The number of benzene rings is 2. The van der Waals surface area contributed by atoms with Crippen LogP contribution in [0.3, 0.4) is 0 Å². The monoisotopic (exact) mass is 768 g/mol. The summed E-state index contributed by atoms with van der Waals surface area (Å²) in [6.45, 7) is 10.1. The molecule has 0 N–H and O–H groups in total. The van der Waals surface area contributed by atoms with Gasteiger partial charge in [0.2, 0.25) is 0 Å². The van der Waals surface area contributed by atoms with Gasteiger partial charge in [0.15, 0.2) is 0 Å². The van der Waals surface area contributed by atoms with Crippen molar-refractivity contribution in [1.29, 1.82) is 0 Å². The van der Waals surface area contributed by atoms with Crippen LogP contribution in [0.25, 0.3) is 0 Å². The van der Waals surface area contributed by atoms with Gasteiger partial charge in [-0.05, 0) is 130 Å². The van der Waals surface area contributed by atoms with Crippen LogP contribution in [0.4, 0.5) is 9.59 Å². The van der Waals surface area contributed by atoms with Crippen LogP contribution in [-0.4, -0.2) is 49.7 Å². The van der Waals surface area contributed by atoms with Crippen molar-refractivity contribution in [2.24, 2.45) is 17.3 Å². The highest BCUT2D eigenvalue weighted by Crippen LogP contribution is 2.49. The summed E-state index contributed by atoms with van der Waals surface area (Å²) < 4.78 is 22.3. The maximum absolute atomic E-state index is 12.4. The Hall–Kier alpha value is -4.48. The van der Waals surface area contributed by atoms with Crippen LogP contribution >= 0.6 is 0 Å². The largest absolute Gasteiger partial charge is 0.550 e. The zero-order valence-corrected chi connectivity index (χ0v) is 33.1. The van der Waals surface area contributed by atoms with Crippen molar-refractivity contribution in [2.75, 3.05) is 13.2 Å². The SMILES string of the molecule is CCCCCCOc1ccc(C(=O)OOC(=O)OC2CCC(C(C)(C)C3CCC(OC(=O)OOC(=O)c4ccc(OCCCCCC)cc4)CC3)CC2)cc1. The minimum absolute atomic E-state index is 0.0211. The fraction of sp³-hybridized carbons (Fsp3) is 0.628. The highest BCUT2D eigenvalue weighted by atomic mass is 17.2. The van der Waals surface area contributed by atoms with E-state index in [4.69, 9.17) is 28.7 Å². The number of carbonyl (C=O) groups is 4. The van der Waals surface area contributed by atoms with Gasteiger partial charge < -0.3 is 18.9 Å². The van der Waals surface area contributed by atoms with Crippen LogP contribution in [0, 0.1) is 17.3 Å². The van der Waals surface area contributed by atoms with Gasteiger partial charge in [-0.25, -0.2) is 29.1 Å². The van der Waals surface area contributed by atoms with Gasteiger partial charge in [-0.15, -0.1) is 0 Å². The molecule has 0 bridgehead atoms. The Morgan fingerprint density at radius 1 is 0.509 bits per heavy atom. The molecule has 2 aliphatic rings. The van der Waals surface area contributed by atoms with E-state index in [1.807, 2.05) is 0 Å². The van der Waals surface area contributed by atoms with E-state index >= 15 is 0 Å². The number of hydrogen-bond acceptors (Lipinski definition) is 12. The molecule has 0 atom stereocenters. The number of carbonyl (C=O) groups excluding carboxylic acids is 4. The van der Waals surface area contributed by atoms with Crippen LogP contribution < -0.4 is 9.47 Å². The molecule has 12 heteroatoms. The van der Waals surface area contributed by atoms with Crippen molar-refractivity contribution in [3.8, 4) is 11.5 Å². The first-order valence-corrected chi connectivity index (χ1v) is 20.2. The fourth-order valence-corrected chi connectivity index (χ4v) is 7.55. The molecule has 0 unspecified atom stereocenters. The molecule has 0 spiro atoms. The summed E-state index contributed by atoms with van der Waals surface area (Å²) in [5, 5.41) is 0. The molecule has 0 aliphatic heterocycles. The minimum Gasteiger partial charge on any atom is -0.494 e. The van der Waals surface area contributed by atoms with Gasteiger partial charge >= 0.3 is 24.2 Å². The summed E-state index contributed by atoms with van der Waals surface area (Å²) in [6, 6.07) is 13.0. The third-order valence-electron chi connectivity index (χ3n) is 11.1. The summed E-state index contributed by atoms with van der Waals surface area (Å²) in [7, 11) is 0. The van der Waals surface area contributed by atoms with Crippen molar-refractivity contribution in [3.63, 3.8) is 0 Å². The second-order valence-electron chi connectivity index (χ2n) is 15.3. The molecule has 304 valence electrons. The molecule has 2 fully saturated rings. The topological polar surface area (TPSA) is 142 Å². The third-order valence-corrected chi connectivity index (χ3v) is 11.1. The minimum atomic E-state index is -1.04. The molecule has 2 saturated carbocycles. The first-order chi connectivity index (χ1) is 26.6. The molecule has 4 rings (SSSR count). The lowest BCUT2D eigenvalue weighted by Crippen LogP contribution is -2.39. The first-order valence-electron chi connectivity index (χ1n) is 20.2. The summed E-state index contributed by atoms with van der Waals surface area (Å²) >= 11 is 0. The highest BCUT2D eigenvalue weighted by molar-refractivity contribution is 5.90. The van der Waals surface area contributed by atoms with Crippen LogP contribution in [0.1, 0.15) is 151 Å². The van der Waals surface area contributed by atoms with Gasteiger partial charge in [-0.2, -0.15) is 9.59 Å². The summed E-state index contributed by atoms with van der Waals surface area (Å²) in [4.78, 5) is 68.2. The molecule has 0 saturated heterocycles. The molecule has 0 amide bonds. The Morgan fingerprint density at radius 2 is 0.873 bits per heavy atom. The molecule has 0 radical (unpaired) electrons. The van der Waals surface area contributed by atoms with Gasteiger partial charge in [-0.1, -0.05) is 66.2 Å². The second kappa shape index (κ2) is 22.8. The Morgan fingerprint density at radius 3 is 1.22 bits per heavy atom. The van der Waals surface area contributed by atoms with E-state index in [1.54, 1.807) is 48.5 Å². The van der Waals surface area contributed by atoms with E-state index in [2.05, 4.69) is 37.5 Å². The Labute approximate surface area is 325 Å². The Kier molecular flexibility index (Phi) is 17.9. The van der Waals surface area contributed by atoms with Crippen LogP contribution in [-0.2, 0) is 29.0 Å². The molecule has 55 heavy (non-hydrogen) atoms. The van der Waals surface area contributed by atoms with E-state index in [0.717, 1.165) is 64.2 Å². The Balaban J connectivity index is 1.08. The summed E-state index contributed by atoms with van der Waals surface area (Å²) in [6.07, 6.45) is 12.3. The highest BCUT2D eigenvalue weighted by Gasteiger charge is 2.41. The summed E-state index contributed by atoms with van der Waals surface area (Å²) in [5.74, 6) is 0.558. The molecule has 2 aromatic carbocycles. The lowest BCUT2D eigenvalue weighted by Gasteiger charge is -2.46. The molecule has 0 aromatic heterocycles. The van der Waals surface area contributed by atoms with E-state index in [0.29, 0.717) is 62.2 Å². The predicted molar refractivity (Wildman–Crippen MR) is 203 cm³/mol. The number of unbranched alkanes of at least 4 members (excludes halogenated alkanes) is 6. The number of ether oxygens (including phenoxy) is 4. The molecule has 12 nitrogen and oxygen atoms in total. The molecule has 2 aromatic rings. The average molecular weight is 769 g/mol. The van der Waals surface area contributed by atoms with Gasteiger partial charge in [0.25, 0.3) is 0 Å². The molecular weight excluding hydrogens is 708 g/mol. The molecule has 2 aliphatic carbocycles. The van der Waals surface area contributed by atoms with Crippen molar-refractivity contribution in [1.82, 2.24) is 0 Å². The summed E-state index contributed by atoms with van der Waals surface area (Å²) in [5.41, 5.74) is 0.479. The van der Waals surface area contributed by atoms with Gasteiger partial charge in [-0.3, -0.25) is 0 Å². The zero-order valence-electron chi connectivity index (χ0n) is 33.1. The lowest BCUT2D eigenvalue weighted by molar-refractivity contribution is -0.209. The standard InChI is InChI=1S/C43H60O12/c1-5-7-9-11-29-48-35-21-13-31(14-22-35)39(44)52-54-41(46)50-37-25-17-33(18-26-37)43(3,4)34-19-27-38(28-20-34)51-42(47)55-53-40(45)32-15-23-36(24-16-32)49-30-12-10-8-6-2/h13-16,21-24,33-34,37-38H,5-12,17-20,25-30H2,1-4H3. The van der Waals surface area contributed by atoms with Crippen LogP contribution in [0.2, 0.25) is 0 Å². The fourth-order valence-electron chi connectivity index (χ4n) is 7.55. The van der Waals surface area contributed by atoms with E-state index in [-0.39, 0.29) is 28.7 Å². The second-order valence-corrected chi connectivity index (χ2v) is 15.3. The normalized spacial score (nSPS) is 19.7. The smallest absolute Gasteiger partial charge is 0.494 e. The maximum atomic E-state index is 12.4. The molecule has 0 heterocycles. The van der Waals surface area contributed by atoms with Crippen molar-refractivity contribution in [3.05, 3.63) is 59.7 Å². The zero-order chi connectivity index (χ0) is 39.5. The van der Waals surface area contributed by atoms with Gasteiger partial charge in [0.1, 0.15) is 23.7 Å². The van der Waals surface area contributed by atoms with Gasteiger partial charge in [0.05, 0.1) is 24.3 Å². The van der Waals surface area contributed by atoms with Crippen molar-refractivity contribution in [2.45, 2.75) is 143 Å². The van der Waals surface area contributed by atoms with Crippen LogP contribution in [0.5, 0.6) is 11.5 Å².